The van der Waals surface area contributed by atoms with Crippen molar-refractivity contribution in [3.05, 3.63) is 60.3 Å². The number of nitrogen functional groups attached to an aromatic ring is 1. The van der Waals surface area contributed by atoms with E-state index in [0.29, 0.717) is 27.3 Å². The maximum Gasteiger partial charge on any atom is 0.416 e. The maximum absolute atomic E-state index is 13.0. The van der Waals surface area contributed by atoms with Crippen molar-refractivity contribution in [1.82, 2.24) is 15.0 Å². The van der Waals surface area contributed by atoms with Gasteiger partial charge in [-0.05, 0) is 36.4 Å². The van der Waals surface area contributed by atoms with Gasteiger partial charge in [-0.15, -0.1) is 0 Å². The molecule has 0 atom stereocenters. The summed E-state index contributed by atoms with van der Waals surface area (Å²) in [6.45, 7) is 0. The lowest BCUT2D eigenvalue weighted by Gasteiger charge is -2.08. The van der Waals surface area contributed by atoms with Crippen molar-refractivity contribution in [1.29, 1.82) is 0 Å². The Bertz CT molecular complexity index is 1100. The molecule has 0 aliphatic heterocycles. The number of benzene rings is 1. The summed E-state index contributed by atoms with van der Waals surface area (Å²) in [6, 6.07) is 12.2. The van der Waals surface area contributed by atoms with E-state index in [1.54, 1.807) is 24.4 Å². The number of halogens is 3. The van der Waals surface area contributed by atoms with Gasteiger partial charge >= 0.3 is 6.18 Å². The molecule has 4 aromatic rings. The van der Waals surface area contributed by atoms with Gasteiger partial charge in [0.2, 0.25) is 0 Å². The number of hydrogen-bond donors (Lipinski definition) is 1. The smallest absolute Gasteiger partial charge is 0.375 e. The zero-order valence-corrected chi connectivity index (χ0v) is 14.0. The monoisotopic (exact) mass is 372 g/mol. The Hall–Kier alpha value is -3.00. The highest BCUT2D eigenvalue weighted by molar-refractivity contribution is 7.19. The second kappa shape index (κ2) is 6.06. The molecule has 1 aromatic carbocycles. The van der Waals surface area contributed by atoms with E-state index in [0.717, 1.165) is 17.6 Å². The molecule has 0 unspecified atom stereocenters. The third-order valence-electron chi connectivity index (χ3n) is 3.80. The summed E-state index contributed by atoms with van der Waals surface area (Å²) < 4.78 is 39.1. The van der Waals surface area contributed by atoms with E-state index in [-0.39, 0.29) is 5.13 Å². The molecule has 4 rings (SSSR count). The molecule has 3 aromatic heterocycles. The Labute approximate surface area is 150 Å². The molecular weight excluding hydrogens is 361 g/mol. The fourth-order valence-corrected chi connectivity index (χ4v) is 3.46. The van der Waals surface area contributed by atoms with Gasteiger partial charge in [0, 0.05) is 11.8 Å². The molecule has 130 valence electrons. The minimum absolute atomic E-state index is 0.264. The minimum atomic E-state index is -4.43. The lowest BCUT2D eigenvalue weighted by atomic mass is 10.1. The quantitative estimate of drug-likeness (QED) is 0.536. The van der Waals surface area contributed by atoms with E-state index in [4.69, 9.17) is 5.73 Å². The molecule has 26 heavy (non-hydrogen) atoms. The molecule has 0 aliphatic rings. The van der Waals surface area contributed by atoms with Crippen LogP contribution in [0.2, 0.25) is 0 Å². The second-order valence-electron chi connectivity index (χ2n) is 5.55. The Morgan fingerprint density at radius 2 is 1.77 bits per heavy atom. The molecule has 0 saturated carbocycles. The summed E-state index contributed by atoms with van der Waals surface area (Å²) in [7, 11) is 0. The van der Waals surface area contributed by atoms with E-state index in [9.17, 15) is 13.2 Å². The molecule has 0 amide bonds. The van der Waals surface area contributed by atoms with Crippen LogP contribution < -0.4 is 5.73 Å². The van der Waals surface area contributed by atoms with Crippen LogP contribution in [0.5, 0.6) is 0 Å². The fourth-order valence-electron chi connectivity index (χ4n) is 2.63. The summed E-state index contributed by atoms with van der Waals surface area (Å²) in [4.78, 5) is 13.6. The summed E-state index contributed by atoms with van der Waals surface area (Å²) >= 11 is 1.19. The molecule has 0 saturated heterocycles. The topological polar surface area (TPSA) is 64.7 Å². The number of hydrogen-bond acceptors (Lipinski definition) is 5. The third-order valence-corrected chi connectivity index (χ3v) is 4.70. The summed E-state index contributed by atoms with van der Waals surface area (Å²) in [5, 5.41) is 0.264. The summed E-state index contributed by atoms with van der Waals surface area (Å²) in [6.07, 6.45) is -2.76. The Kier molecular flexibility index (Phi) is 3.84. The van der Waals surface area contributed by atoms with Gasteiger partial charge in [-0.2, -0.15) is 13.2 Å². The highest BCUT2D eigenvalue weighted by Crippen LogP contribution is 2.39. The van der Waals surface area contributed by atoms with E-state index in [2.05, 4.69) is 15.0 Å². The number of alkyl halides is 3. The normalized spacial score (nSPS) is 11.8. The van der Waals surface area contributed by atoms with E-state index in [1.165, 1.54) is 17.4 Å². The highest BCUT2D eigenvalue weighted by atomic mass is 32.1. The molecule has 0 radical (unpaired) electrons. The highest BCUT2D eigenvalue weighted by Gasteiger charge is 2.31. The molecule has 0 fully saturated rings. The minimum Gasteiger partial charge on any atom is -0.375 e. The number of nitrogens with two attached hydrogens (primary N) is 1. The van der Waals surface area contributed by atoms with E-state index >= 15 is 0 Å². The Morgan fingerprint density at radius 3 is 2.58 bits per heavy atom. The zero-order chi connectivity index (χ0) is 18.3. The second-order valence-corrected chi connectivity index (χ2v) is 6.58. The van der Waals surface area contributed by atoms with Crippen LogP contribution in [0, 0.1) is 0 Å². The van der Waals surface area contributed by atoms with Crippen LogP contribution in [0.25, 0.3) is 32.9 Å². The van der Waals surface area contributed by atoms with E-state index < -0.39 is 11.7 Å². The van der Waals surface area contributed by atoms with Gasteiger partial charge in [0.1, 0.15) is 0 Å². The standard InChI is InChI=1S/C18H11F3N4S/c19-18(20,21)11-4-1-3-10(9-11)15-16(26-17(22)25-15)14-7-6-12-13(24-14)5-2-8-23-12/h1-9H,(H2,22,25). The summed E-state index contributed by atoms with van der Waals surface area (Å²) in [5.74, 6) is 0. The van der Waals surface area contributed by atoms with Crippen LogP contribution in [0.4, 0.5) is 18.3 Å². The first-order chi connectivity index (χ1) is 12.4. The number of thiazole rings is 1. The van der Waals surface area contributed by atoms with Crippen LogP contribution in [-0.2, 0) is 6.18 Å². The average molecular weight is 372 g/mol. The number of rotatable bonds is 2. The molecule has 0 spiro atoms. The number of fused-ring (bicyclic) bond motifs is 1. The van der Waals surface area contributed by atoms with Crippen molar-refractivity contribution >= 4 is 27.5 Å². The van der Waals surface area contributed by atoms with Crippen molar-refractivity contribution < 1.29 is 13.2 Å². The lowest BCUT2D eigenvalue weighted by Crippen LogP contribution is -2.04. The predicted octanol–water partition coefficient (Wildman–Crippen LogP) is 5.02. The first-order valence-corrected chi connectivity index (χ1v) is 8.39. The van der Waals surface area contributed by atoms with E-state index in [1.807, 2.05) is 12.1 Å². The lowest BCUT2D eigenvalue weighted by molar-refractivity contribution is -0.137. The van der Waals surface area contributed by atoms with Gasteiger partial charge in [0.05, 0.1) is 32.9 Å². The van der Waals surface area contributed by atoms with Crippen LogP contribution >= 0.6 is 11.3 Å². The van der Waals surface area contributed by atoms with Gasteiger partial charge < -0.3 is 5.73 Å². The molecule has 0 aliphatic carbocycles. The Morgan fingerprint density at radius 1 is 0.923 bits per heavy atom. The van der Waals surface area contributed by atoms with Crippen molar-refractivity contribution in [3.8, 4) is 21.8 Å². The van der Waals surface area contributed by atoms with Gasteiger partial charge in [-0.25, -0.2) is 9.97 Å². The molecule has 2 N–H and O–H groups in total. The molecular formula is C18H11F3N4S. The maximum atomic E-state index is 13.0. The third kappa shape index (κ3) is 2.99. The van der Waals surface area contributed by atoms with Crippen molar-refractivity contribution in [2.75, 3.05) is 5.73 Å². The number of anilines is 1. The Balaban J connectivity index is 1.87. The van der Waals surface area contributed by atoms with Gasteiger partial charge in [0.25, 0.3) is 0 Å². The molecule has 4 nitrogen and oxygen atoms in total. The molecule has 8 heteroatoms. The van der Waals surface area contributed by atoms with Crippen LogP contribution in [-0.4, -0.2) is 15.0 Å². The van der Waals surface area contributed by atoms with Crippen molar-refractivity contribution in [2.24, 2.45) is 0 Å². The number of pyridine rings is 2. The number of aromatic nitrogens is 3. The van der Waals surface area contributed by atoms with Gasteiger partial charge in [-0.3, -0.25) is 4.98 Å². The van der Waals surface area contributed by atoms with Crippen molar-refractivity contribution in [2.45, 2.75) is 6.18 Å². The van der Waals surface area contributed by atoms with Crippen LogP contribution in [0.1, 0.15) is 5.56 Å². The first-order valence-electron chi connectivity index (χ1n) is 7.58. The molecule has 3 heterocycles. The largest absolute Gasteiger partial charge is 0.416 e. The predicted molar refractivity (Wildman–Crippen MR) is 95.5 cm³/mol. The molecule has 0 bridgehead atoms. The van der Waals surface area contributed by atoms with Crippen LogP contribution in [0.15, 0.2) is 54.7 Å². The fraction of sp³-hybridized carbons (Fsp3) is 0.0556. The van der Waals surface area contributed by atoms with Crippen LogP contribution in [0.3, 0.4) is 0 Å². The SMILES string of the molecule is Nc1nc(-c2cccc(C(F)(F)F)c2)c(-c2ccc3ncccc3n2)s1. The number of nitrogens with zero attached hydrogens (tertiary/aromatic N) is 3. The van der Waals surface area contributed by atoms with Crippen molar-refractivity contribution in [3.63, 3.8) is 0 Å². The summed E-state index contributed by atoms with van der Waals surface area (Å²) in [5.41, 5.74) is 7.84. The zero-order valence-electron chi connectivity index (χ0n) is 13.2. The van der Waals surface area contributed by atoms with Gasteiger partial charge in [-0.1, -0.05) is 23.5 Å². The average Bonchev–Trinajstić information content (AvgIpc) is 3.02. The first kappa shape index (κ1) is 16.5. The van der Waals surface area contributed by atoms with Gasteiger partial charge in [0.15, 0.2) is 5.13 Å².